The molecule has 0 amide bonds. The molecule has 1 aromatic carbocycles. The maximum absolute atomic E-state index is 5.95. The minimum absolute atomic E-state index is 0.400. The lowest BCUT2D eigenvalue weighted by Crippen LogP contribution is -2.46. The molecule has 2 fully saturated rings. The van der Waals surface area contributed by atoms with Gasteiger partial charge in [0.2, 0.25) is 0 Å². The average Bonchev–Trinajstić information content (AvgIpc) is 2.77. The van der Waals surface area contributed by atoms with Gasteiger partial charge in [0.25, 0.3) is 0 Å². The molecule has 16 heavy (non-hydrogen) atoms. The van der Waals surface area contributed by atoms with Crippen LogP contribution in [-0.2, 0) is 11.2 Å². The molecular weight excluding hydrogens is 198 g/mol. The topological polar surface area (TPSA) is 12.5 Å². The molecule has 2 aliphatic heterocycles. The molecule has 2 heterocycles. The van der Waals surface area contributed by atoms with Gasteiger partial charge < -0.3 is 4.74 Å². The number of morpholine rings is 1. The summed E-state index contributed by atoms with van der Waals surface area (Å²) in [4.78, 5) is 2.61. The van der Waals surface area contributed by atoms with Crippen molar-refractivity contribution in [2.75, 3.05) is 19.7 Å². The van der Waals surface area contributed by atoms with Gasteiger partial charge in [0.05, 0.1) is 12.7 Å². The zero-order chi connectivity index (χ0) is 10.8. The number of hydrogen-bond donors (Lipinski definition) is 0. The smallest absolute Gasteiger partial charge is 0.0743 e. The number of rotatable bonds is 2. The monoisotopic (exact) mass is 217 g/mol. The van der Waals surface area contributed by atoms with Gasteiger partial charge in [-0.25, -0.2) is 0 Å². The van der Waals surface area contributed by atoms with Gasteiger partial charge in [-0.2, -0.15) is 0 Å². The number of ether oxygens (including phenoxy) is 1. The van der Waals surface area contributed by atoms with Crippen LogP contribution >= 0.6 is 0 Å². The summed E-state index contributed by atoms with van der Waals surface area (Å²) in [5.41, 5.74) is 1.39. The van der Waals surface area contributed by atoms with E-state index in [0.717, 1.165) is 19.6 Å². The SMILES string of the molecule is c1ccc(CC2CN3CCCC3CO2)cc1. The van der Waals surface area contributed by atoms with Crippen LogP contribution in [-0.4, -0.2) is 36.7 Å². The van der Waals surface area contributed by atoms with Gasteiger partial charge in [-0.1, -0.05) is 30.3 Å². The highest BCUT2D eigenvalue weighted by atomic mass is 16.5. The molecule has 86 valence electrons. The standard InChI is InChI=1S/C14H19NO/c1-2-5-12(6-3-1)9-14-10-15-8-4-7-13(15)11-16-14/h1-3,5-6,13-14H,4,7-11H2. The molecule has 0 aliphatic carbocycles. The predicted molar refractivity (Wildman–Crippen MR) is 64.5 cm³/mol. The third kappa shape index (κ3) is 2.13. The van der Waals surface area contributed by atoms with E-state index in [1.807, 2.05) is 0 Å². The van der Waals surface area contributed by atoms with Crippen LogP contribution in [0.25, 0.3) is 0 Å². The van der Waals surface area contributed by atoms with E-state index < -0.39 is 0 Å². The summed E-state index contributed by atoms with van der Waals surface area (Å²) in [6, 6.07) is 11.4. The molecule has 2 unspecified atom stereocenters. The van der Waals surface area contributed by atoms with Crippen LogP contribution in [0.1, 0.15) is 18.4 Å². The Bertz CT molecular complexity index is 338. The normalized spacial score (nSPS) is 30.2. The quantitative estimate of drug-likeness (QED) is 0.752. The molecule has 2 aliphatic rings. The fourth-order valence-electron chi connectivity index (χ4n) is 2.89. The molecule has 0 bridgehead atoms. The van der Waals surface area contributed by atoms with Crippen LogP contribution < -0.4 is 0 Å². The Balaban J connectivity index is 1.60. The second-order valence-corrected chi connectivity index (χ2v) is 4.94. The van der Waals surface area contributed by atoms with E-state index in [4.69, 9.17) is 4.74 Å². The van der Waals surface area contributed by atoms with Crippen LogP contribution in [0.2, 0.25) is 0 Å². The van der Waals surface area contributed by atoms with E-state index in [1.165, 1.54) is 24.9 Å². The van der Waals surface area contributed by atoms with Crippen molar-refractivity contribution in [3.8, 4) is 0 Å². The number of fused-ring (bicyclic) bond motifs is 1. The van der Waals surface area contributed by atoms with Gasteiger partial charge >= 0.3 is 0 Å². The minimum Gasteiger partial charge on any atom is -0.375 e. The highest BCUT2D eigenvalue weighted by Crippen LogP contribution is 2.23. The third-order valence-corrected chi connectivity index (χ3v) is 3.77. The Morgan fingerprint density at radius 3 is 3.00 bits per heavy atom. The van der Waals surface area contributed by atoms with Gasteiger partial charge in [0.1, 0.15) is 0 Å². The number of benzene rings is 1. The van der Waals surface area contributed by atoms with E-state index >= 15 is 0 Å². The summed E-state index contributed by atoms with van der Waals surface area (Å²) >= 11 is 0. The van der Waals surface area contributed by atoms with Crippen molar-refractivity contribution in [3.05, 3.63) is 35.9 Å². The van der Waals surface area contributed by atoms with Crippen LogP contribution in [0.4, 0.5) is 0 Å². The Morgan fingerprint density at radius 2 is 2.12 bits per heavy atom. The van der Waals surface area contributed by atoms with Crippen LogP contribution in [0.5, 0.6) is 0 Å². The van der Waals surface area contributed by atoms with Gasteiger partial charge in [-0.05, 0) is 31.4 Å². The molecule has 0 aromatic heterocycles. The molecular formula is C14H19NO. The van der Waals surface area contributed by atoms with Crippen molar-refractivity contribution in [2.24, 2.45) is 0 Å². The first-order chi connectivity index (χ1) is 7.92. The molecule has 3 rings (SSSR count). The van der Waals surface area contributed by atoms with E-state index in [0.29, 0.717) is 12.1 Å². The third-order valence-electron chi connectivity index (χ3n) is 3.77. The number of nitrogens with zero attached hydrogens (tertiary/aromatic N) is 1. The molecule has 0 spiro atoms. The summed E-state index contributed by atoms with van der Waals surface area (Å²) in [6.07, 6.45) is 4.14. The molecule has 2 heteroatoms. The van der Waals surface area contributed by atoms with E-state index in [-0.39, 0.29) is 0 Å². The first-order valence-corrected chi connectivity index (χ1v) is 6.31. The Morgan fingerprint density at radius 1 is 1.25 bits per heavy atom. The van der Waals surface area contributed by atoms with Crippen LogP contribution in [0.3, 0.4) is 0 Å². The largest absolute Gasteiger partial charge is 0.375 e. The lowest BCUT2D eigenvalue weighted by Gasteiger charge is -2.35. The summed E-state index contributed by atoms with van der Waals surface area (Å²) in [5, 5.41) is 0. The van der Waals surface area contributed by atoms with Crippen LogP contribution in [0, 0.1) is 0 Å². The maximum atomic E-state index is 5.95. The Kier molecular flexibility index (Phi) is 2.94. The molecule has 0 radical (unpaired) electrons. The first kappa shape index (κ1) is 10.3. The Hall–Kier alpha value is -0.860. The predicted octanol–water partition coefficient (Wildman–Crippen LogP) is 2.09. The lowest BCUT2D eigenvalue weighted by molar-refractivity contribution is -0.0475. The van der Waals surface area contributed by atoms with Gasteiger partial charge in [-0.15, -0.1) is 0 Å². The average molecular weight is 217 g/mol. The first-order valence-electron chi connectivity index (χ1n) is 6.31. The zero-order valence-corrected chi connectivity index (χ0v) is 9.64. The second-order valence-electron chi connectivity index (χ2n) is 4.94. The van der Waals surface area contributed by atoms with Gasteiger partial charge in [0.15, 0.2) is 0 Å². The minimum atomic E-state index is 0.400. The van der Waals surface area contributed by atoms with Crippen molar-refractivity contribution in [3.63, 3.8) is 0 Å². The molecule has 0 saturated carbocycles. The molecule has 2 saturated heterocycles. The maximum Gasteiger partial charge on any atom is 0.0743 e. The molecule has 2 atom stereocenters. The van der Waals surface area contributed by atoms with Crippen molar-refractivity contribution in [1.82, 2.24) is 4.90 Å². The lowest BCUT2D eigenvalue weighted by atomic mass is 10.1. The zero-order valence-electron chi connectivity index (χ0n) is 9.64. The van der Waals surface area contributed by atoms with Crippen LogP contribution in [0.15, 0.2) is 30.3 Å². The van der Waals surface area contributed by atoms with E-state index in [1.54, 1.807) is 0 Å². The van der Waals surface area contributed by atoms with Crippen molar-refractivity contribution >= 4 is 0 Å². The molecule has 0 N–H and O–H groups in total. The fraction of sp³-hybridized carbons (Fsp3) is 0.571. The summed E-state index contributed by atoms with van der Waals surface area (Å²) < 4.78 is 5.95. The highest BCUT2D eigenvalue weighted by Gasteiger charge is 2.31. The summed E-state index contributed by atoms with van der Waals surface area (Å²) in [7, 11) is 0. The number of hydrogen-bond acceptors (Lipinski definition) is 2. The summed E-state index contributed by atoms with van der Waals surface area (Å²) in [5.74, 6) is 0. The fourth-order valence-corrected chi connectivity index (χ4v) is 2.89. The summed E-state index contributed by atoms with van der Waals surface area (Å²) in [6.45, 7) is 3.34. The van der Waals surface area contributed by atoms with Gasteiger partial charge in [0, 0.05) is 12.6 Å². The molecule has 1 aromatic rings. The molecule has 2 nitrogen and oxygen atoms in total. The second kappa shape index (κ2) is 4.56. The van der Waals surface area contributed by atoms with Gasteiger partial charge in [-0.3, -0.25) is 4.90 Å². The van der Waals surface area contributed by atoms with Crippen molar-refractivity contribution in [1.29, 1.82) is 0 Å². The van der Waals surface area contributed by atoms with Crippen molar-refractivity contribution in [2.45, 2.75) is 31.4 Å². The Labute approximate surface area is 97.2 Å². The van der Waals surface area contributed by atoms with Crippen molar-refractivity contribution < 1.29 is 4.74 Å². The highest BCUT2D eigenvalue weighted by molar-refractivity contribution is 5.15. The van der Waals surface area contributed by atoms with E-state index in [2.05, 4.69) is 35.2 Å². The van der Waals surface area contributed by atoms with E-state index in [9.17, 15) is 0 Å².